The van der Waals surface area contributed by atoms with Gasteiger partial charge in [0.1, 0.15) is 11.6 Å². The van der Waals surface area contributed by atoms with Crippen molar-refractivity contribution in [1.82, 2.24) is 20.2 Å². The zero-order valence-electron chi connectivity index (χ0n) is 17.3. The van der Waals surface area contributed by atoms with Crippen molar-refractivity contribution >= 4 is 17.6 Å². The molecule has 1 saturated heterocycles. The normalized spacial score (nSPS) is 21.5. The number of nitrogens with zero attached hydrogens (tertiary/aromatic N) is 4. The first kappa shape index (κ1) is 19.9. The Bertz CT molecular complexity index is 781. The van der Waals surface area contributed by atoms with Crippen LogP contribution in [-0.2, 0) is 16.0 Å². The Kier molecular flexibility index (Phi) is 6.11. The molecule has 2 heterocycles. The Morgan fingerprint density at radius 1 is 1.14 bits per heavy atom. The first-order valence-corrected chi connectivity index (χ1v) is 10.9. The van der Waals surface area contributed by atoms with Gasteiger partial charge in [-0.2, -0.15) is 0 Å². The van der Waals surface area contributed by atoms with Crippen molar-refractivity contribution in [2.45, 2.75) is 51.4 Å². The number of hydrogen-bond donors (Lipinski definition) is 1. The molecular weight excluding hydrogens is 366 g/mol. The molecule has 29 heavy (non-hydrogen) atoms. The Labute approximate surface area is 172 Å². The number of aromatic nitrogens is 2. The van der Waals surface area contributed by atoms with Crippen LogP contribution in [0.25, 0.3) is 0 Å². The number of hydrogen-bond acceptors (Lipinski definition) is 5. The fraction of sp³-hybridized carbons (Fsp3) is 0.636. The maximum Gasteiger partial charge on any atom is 0.220 e. The van der Waals surface area contributed by atoms with Crippen LogP contribution in [-0.4, -0.2) is 59.4 Å². The molecule has 1 aliphatic heterocycles. The van der Waals surface area contributed by atoms with Crippen molar-refractivity contribution in [3.05, 3.63) is 29.7 Å². The van der Waals surface area contributed by atoms with E-state index in [0.717, 1.165) is 75.6 Å². The third kappa shape index (κ3) is 5.34. The summed E-state index contributed by atoms with van der Waals surface area (Å²) >= 11 is 0. The summed E-state index contributed by atoms with van der Waals surface area (Å²) < 4.78 is 0. The SMILES string of the molecule is CC(=O)N1CCN(c2cc(CCNC(=O)C[C@H]3C=CCC3)nc(C3CC3)n2)CC1. The van der Waals surface area contributed by atoms with Crippen LogP contribution in [0.1, 0.15) is 56.5 Å². The Morgan fingerprint density at radius 3 is 2.59 bits per heavy atom. The second kappa shape index (κ2) is 8.93. The zero-order valence-corrected chi connectivity index (χ0v) is 17.3. The van der Waals surface area contributed by atoms with Gasteiger partial charge in [-0.15, -0.1) is 0 Å². The molecule has 4 rings (SSSR count). The highest BCUT2D eigenvalue weighted by Crippen LogP contribution is 2.38. The first-order valence-electron chi connectivity index (χ1n) is 10.9. The van der Waals surface area contributed by atoms with Crippen LogP contribution in [0.15, 0.2) is 18.2 Å². The monoisotopic (exact) mass is 397 g/mol. The van der Waals surface area contributed by atoms with Gasteiger partial charge in [0.15, 0.2) is 0 Å². The van der Waals surface area contributed by atoms with Gasteiger partial charge in [-0.25, -0.2) is 9.97 Å². The lowest BCUT2D eigenvalue weighted by molar-refractivity contribution is -0.129. The Balaban J connectivity index is 1.35. The maximum absolute atomic E-state index is 12.2. The average molecular weight is 398 g/mol. The van der Waals surface area contributed by atoms with E-state index in [0.29, 0.717) is 24.8 Å². The number of nitrogens with one attached hydrogen (secondary N) is 1. The summed E-state index contributed by atoms with van der Waals surface area (Å²) in [6.07, 6.45) is 10.1. The van der Waals surface area contributed by atoms with E-state index in [-0.39, 0.29) is 11.8 Å². The lowest BCUT2D eigenvalue weighted by Gasteiger charge is -2.35. The van der Waals surface area contributed by atoms with E-state index in [2.05, 4.69) is 28.4 Å². The van der Waals surface area contributed by atoms with Crippen LogP contribution in [0.3, 0.4) is 0 Å². The zero-order chi connectivity index (χ0) is 20.2. The minimum absolute atomic E-state index is 0.124. The van der Waals surface area contributed by atoms with Crippen molar-refractivity contribution < 1.29 is 9.59 Å². The highest BCUT2D eigenvalue weighted by molar-refractivity contribution is 5.76. The molecule has 3 aliphatic rings. The largest absolute Gasteiger partial charge is 0.356 e. The van der Waals surface area contributed by atoms with Crippen molar-refractivity contribution in [1.29, 1.82) is 0 Å². The average Bonchev–Trinajstić information content (AvgIpc) is 3.45. The number of amides is 2. The fourth-order valence-corrected chi connectivity index (χ4v) is 4.07. The molecule has 7 nitrogen and oxygen atoms in total. The topological polar surface area (TPSA) is 78.4 Å². The predicted molar refractivity (Wildman–Crippen MR) is 112 cm³/mol. The smallest absolute Gasteiger partial charge is 0.220 e. The van der Waals surface area contributed by atoms with E-state index >= 15 is 0 Å². The molecule has 2 fully saturated rings. The quantitative estimate of drug-likeness (QED) is 0.713. The molecule has 2 aliphatic carbocycles. The minimum atomic E-state index is 0.124. The number of allylic oxidation sites excluding steroid dienone is 2. The van der Waals surface area contributed by atoms with E-state index in [1.807, 2.05) is 4.90 Å². The van der Waals surface area contributed by atoms with Crippen LogP contribution in [0.4, 0.5) is 5.82 Å². The third-order valence-electron chi connectivity index (χ3n) is 6.04. The van der Waals surface area contributed by atoms with Gasteiger partial charge in [0.05, 0.1) is 0 Å². The summed E-state index contributed by atoms with van der Waals surface area (Å²) in [5.74, 6) is 3.04. The van der Waals surface area contributed by atoms with Crippen molar-refractivity contribution in [2.75, 3.05) is 37.6 Å². The van der Waals surface area contributed by atoms with Crippen molar-refractivity contribution in [3.8, 4) is 0 Å². The van der Waals surface area contributed by atoms with Crippen LogP contribution in [0.2, 0.25) is 0 Å². The van der Waals surface area contributed by atoms with Gasteiger partial charge < -0.3 is 15.1 Å². The highest BCUT2D eigenvalue weighted by atomic mass is 16.2. The summed E-state index contributed by atoms with van der Waals surface area (Å²) in [5.41, 5.74) is 0.993. The molecular formula is C22H31N5O2. The molecule has 7 heteroatoms. The summed E-state index contributed by atoms with van der Waals surface area (Å²) in [6.45, 7) is 5.30. The number of piperazine rings is 1. The second-order valence-corrected chi connectivity index (χ2v) is 8.41. The molecule has 1 atom stereocenters. The van der Waals surface area contributed by atoms with Crippen LogP contribution < -0.4 is 10.2 Å². The lowest BCUT2D eigenvalue weighted by atomic mass is 10.1. The van der Waals surface area contributed by atoms with Gasteiger partial charge in [0.2, 0.25) is 11.8 Å². The van der Waals surface area contributed by atoms with Crippen LogP contribution >= 0.6 is 0 Å². The Hall–Kier alpha value is -2.44. The molecule has 1 aromatic rings. The van der Waals surface area contributed by atoms with Crippen molar-refractivity contribution in [3.63, 3.8) is 0 Å². The fourth-order valence-electron chi connectivity index (χ4n) is 4.07. The van der Waals surface area contributed by atoms with Gasteiger partial charge in [-0.1, -0.05) is 12.2 Å². The third-order valence-corrected chi connectivity index (χ3v) is 6.04. The highest BCUT2D eigenvalue weighted by Gasteiger charge is 2.28. The van der Waals surface area contributed by atoms with E-state index in [9.17, 15) is 9.59 Å². The van der Waals surface area contributed by atoms with Gasteiger partial charge in [-0.3, -0.25) is 9.59 Å². The van der Waals surface area contributed by atoms with E-state index in [4.69, 9.17) is 9.97 Å². The standard InChI is InChI=1S/C22H31N5O2/c1-16(28)26-10-12-27(13-11-26)20-15-19(24-22(25-20)18-6-7-18)8-9-23-21(29)14-17-4-2-3-5-17/h2,4,15,17-18H,3,5-14H2,1H3,(H,23,29)/t17-/m0/s1. The van der Waals surface area contributed by atoms with Gasteiger partial charge in [0, 0.05) is 70.2 Å². The first-order chi connectivity index (χ1) is 14.1. The van der Waals surface area contributed by atoms with Crippen LogP contribution in [0.5, 0.6) is 0 Å². The van der Waals surface area contributed by atoms with E-state index in [1.165, 1.54) is 0 Å². The van der Waals surface area contributed by atoms with Crippen LogP contribution in [0, 0.1) is 5.92 Å². The Morgan fingerprint density at radius 2 is 1.93 bits per heavy atom. The number of carbonyl (C=O) groups excluding carboxylic acids is 2. The summed E-state index contributed by atoms with van der Waals surface area (Å²) in [7, 11) is 0. The van der Waals surface area contributed by atoms with Crippen molar-refractivity contribution in [2.24, 2.45) is 5.92 Å². The second-order valence-electron chi connectivity index (χ2n) is 8.41. The number of rotatable bonds is 7. The molecule has 0 radical (unpaired) electrons. The minimum Gasteiger partial charge on any atom is -0.356 e. The van der Waals surface area contributed by atoms with E-state index < -0.39 is 0 Å². The number of anilines is 1. The summed E-state index contributed by atoms with van der Waals surface area (Å²) in [6, 6.07) is 2.06. The predicted octanol–water partition coefficient (Wildman–Crippen LogP) is 2.04. The van der Waals surface area contributed by atoms with Gasteiger partial charge in [-0.05, 0) is 31.6 Å². The van der Waals surface area contributed by atoms with Gasteiger partial charge >= 0.3 is 0 Å². The summed E-state index contributed by atoms with van der Waals surface area (Å²) in [5, 5.41) is 3.05. The molecule has 0 aromatic carbocycles. The van der Waals surface area contributed by atoms with E-state index in [1.54, 1.807) is 6.92 Å². The lowest BCUT2D eigenvalue weighted by Crippen LogP contribution is -2.48. The molecule has 0 spiro atoms. The number of carbonyl (C=O) groups is 2. The molecule has 2 amide bonds. The van der Waals surface area contributed by atoms with Gasteiger partial charge in [0.25, 0.3) is 0 Å². The molecule has 156 valence electrons. The molecule has 1 saturated carbocycles. The molecule has 0 unspecified atom stereocenters. The maximum atomic E-state index is 12.2. The molecule has 1 aromatic heterocycles. The summed E-state index contributed by atoms with van der Waals surface area (Å²) in [4.78, 5) is 37.5. The molecule has 1 N–H and O–H groups in total. The molecule has 0 bridgehead atoms.